The molecule has 2 aliphatic rings. The van der Waals surface area contributed by atoms with E-state index in [-0.39, 0.29) is 41.7 Å². The highest BCUT2D eigenvalue weighted by Crippen LogP contribution is 2.39. The molecule has 2 heterocycles. The zero-order valence-corrected chi connectivity index (χ0v) is 19.3. The molecule has 0 amide bonds. The second-order valence-corrected chi connectivity index (χ2v) is 8.47. The zero-order valence-electron chi connectivity index (χ0n) is 17.6. The van der Waals surface area contributed by atoms with Gasteiger partial charge < -0.3 is 4.74 Å². The van der Waals surface area contributed by atoms with Crippen LogP contribution in [0.3, 0.4) is 0 Å². The minimum absolute atomic E-state index is 0. The number of carbonyl (C=O) groups excluding carboxylic acids is 2. The Morgan fingerprint density at radius 1 is 1.31 bits per heavy atom. The van der Waals surface area contributed by atoms with E-state index in [1.54, 1.807) is 24.3 Å². The van der Waals surface area contributed by atoms with Crippen molar-refractivity contribution >= 4 is 42.9 Å². The first-order chi connectivity index (χ1) is 15.0. The number of rotatable bonds is 7. The monoisotopic (exact) mass is 481 g/mol. The number of benzene rings is 1. The Balaban J connectivity index is 0.00000289. The molecule has 172 valence electrons. The summed E-state index contributed by atoms with van der Waals surface area (Å²) in [4.78, 5) is 27.7. The maximum atomic E-state index is 14.6. The number of piperidine rings is 1. The number of hydrogen-bond acceptors (Lipinski definition) is 8. The van der Waals surface area contributed by atoms with Gasteiger partial charge in [-0.05, 0) is 42.2 Å². The molecule has 2 aromatic rings. The molecular formula is C21H25ClFN5O3S. The van der Waals surface area contributed by atoms with Crippen LogP contribution in [0.15, 0.2) is 29.8 Å². The van der Waals surface area contributed by atoms with Gasteiger partial charge in [-0.1, -0.05) is 18.2 Å². The van der Waals surface area contributed by atoms with E-state index in [0.29, 0.717) is 30.9 Å². The Kier molecular flexibility index (Phi) is 8.02. The van der Waals surface area contributed by atoms with Crippen LogP contribution in [0.4, 0.5) is 4.39 Å². The van der Waals surface area contributed by atoms with Gasteiger partial charge in [-0.25, -0.2) is 9.18 Å². The van der Waals surface area contributed by atoms with Crippen molar-refractivity contribution < 1.29 is 18.7 Å². The predicted molar refractivity (Wildman–Crippen MR) is 121 cm³/mol. The number of nitrogens with zero attached hydrogens (tertiary/aromatic N) is 5. The summed E-state index contributed by atoms with van der Waals surface area (Å²) in [7, 11) is 1.29. The molecule has 0 radical (unpaired) electrons. The lowest BCUT2D eigenvalue weighted by Gasteiger charge is -2.37. The lowest BCUT2D eigenvalue weighted by molar-refractivity contribution is -0.141. The summed E-state index contributed by atoms with van der Waals surface area (Å²) in [6, 6.07) is 5.86. The average molecular weight is 482 g/mol. The lowest BCUT2D eigenvalue weighted by atomic mass is 9.93. The maximum absolute atomic E-state index is 14.6. The van der Waals surface area contributed by atoms with Gasteiger partial charge in [0, 0.05) is 29.8 Å². The van der Waals surface area contributed by atoms with Crippen LogP contribution < -0.4 is 0 Å². The first-order valence-electron chi connectivity index (χ1n) is 10.2. The van der Waals surface area contributed by atoms with Crippen LogP contribution in [-0.2, 0) is 20.9 Å². The Hall–Kier alpha value is -2.30. The summed E-state index contributed by atoms with van der Waals surface area (Å²) in [5.74, 6) is -0.420. The summed E-state index contributed by atoms with van der Waals surface area (Å²) >= 11 is 4.67. The number of ketones is 1. The van der Waals surface area contributed by atoms with E-state index >= 15 is 0 Å². The second kappa shape index (κ2) is 10.5. The topological polar surface area (TPSA) is 90.2 Å². The molecule has 1 aromatic heterocycles. The third kappa shape index (κ3) is 5.54. The number of esters is 1. The Morgan fingerprint density at radius 2 is 2.06 bits per heavy atom. The maximum Gasteiger partial charge on any atom is 0.329 e. The van der Waals surface area contributed by atoms with Crippen LogP contribution >= 0.6 is 25.0 Å². The van der Waals surface area contributed by atoms with Crippen molar-refractivity contribution in [1.82, 2.24) is 25.1 Å². The first-order valence-corrected chi connectivity index (χ1v) is 10.7. The van der Waals surface area contributed by atoms with Gasteiger partial charge in [-0.2, -0.15) is 17.4 Å². The first kappa shape index (κ1) is 24.3. The molecule has 1 aromatic carbocycles. The molecule has 1 saturated carbocycles. The highest BCUT2D eigenvalue weighted by molar-refractivity contribution is 7.81. The van der Waals surface area contributed by atoms with Crippen molar-refractivity contribution in [2.45, 2.75) is 37.1 Å². The fourth-order valence-electron chi connectivity index (χ4n) is 3.80. The molecule has 1 aliphatic carbocycles. The number of carbonyl (C=O) groups is 2. The summed E-state index contributed by atoms with van der Waals surface area (Å²) in [5, 5.41) is 12.0. The van der Waals surface area contributed by atoms with Crippen LogP contribution in [0.2, 0.25) is 0 Å². The SMILES string of the molecule is COC(=O)Cn1nnc(/C=C2/CN(C(C(=O)C3CC3)c3ccccc3F)CCC2S)n1.Cl. The van der Waals surface area contributed by atoms with Gasteiger partial charge in [0.05, 0.1) is 13.2 Å². The number of aromatic nitrogens is 4. The summed E-state index contributed by atoms with van der Waals surface area (Å²) in [6.07, 6.45) is 4.20. The van der Waals surface area contributed by atoms with Crippen LogP contribution in [-0.4, -0.2) is 62.3 Å². The number of halogens is 2. The molecule has 2 atom stereocenters. The second-order valence-electron chi connectivity index (χ2n) is 7.85. The molecule has 32 heavy (non-hydrogen) atoms. The lowest BCUT2D eigenvalue weighted by Crippen LogP contribution is -2.42. The van der Waals surface area contributed by atoms with E-state index in [4.69, 9.17) is 0 Å². The fraction of sp³-hybridized carbons (Fsp3) is 0.476. The Labute approximate surface area is 197 Å². The molecule has 2 unspecified atom stereocenters. The van der Waals surface area contributed by atoms with E-state index in [0.717, 1.165) is 23.2 Å². The average Bonchev–Trinajstić information content (AvgIpc) is 3.53. The number of ether oxygens (including phenoxy) is 1. The summed E-state index contributed by atoms with van der Waals surface area (Å²) in [6.45, 7) is 0.941. The van der Waals surface area contributed by atoms with Gasteiger partial charge >= 0.3 is 5.97 Å². The number of Topliss-reactive ketones (excluding diaryl/α,β-unsaturated/α-hetero) is 1. The summed E-state index contributed by atoms with van der Waals surface area (Å²) < 4.78 is 19.2. The standard InChI is InChI=1S/C21H24FN5O3S.ClH/c1-30-19(28)12-27-24-18(23-25-27)10-14-11-26(9-8-17(14)31)20(21(29)13-6-7-13)15-4-2-3-5-16(15)22;/h2-5,10,13,17,20,31H,6-9,11-12H2,1H3;1H/b14-10-;. The van der Waals surface area contributed by atoms with Gasteiger partial charge in [0.15, 0.2) is 18.2 Å². The largest absolute Gasteiger partial charge is 0.468 e. The van der Waals surface area contributed by atoms with Crippen molar-refractivity contribution in [3.63, 3.8) is 0 Å². The van der Waals surface area contributed by atoms with Gasteiger partial charge in [0.2, 0.25) is 0 Å². The quantitative estimate of drug-likeness (QED) is 0.480. The fourth-order valence-corrected chi connectivity index (χ4v) is 4.07. The van der Waals surface area contributed by atoms with Crippen LogP contribution in [0.1, 0.15) is 36.7 Å². The molecule has 1 aliphatic heterocycles. The molecule has 8 nitrogen and oxygen atoms in total. The van der Waals surface area contributed by atoms with Gasteiger partial charge in [-0.15, -0.1) is 22.6 Å². The third-order valence-corrected chi connectivity index (χ3v) is 6.19. The smallest absolute Gasteiger partial charge is 0.329 e. The van der Waals surface area contributed by atoms with E-state index in [1.165, 1.54) is 13.2 Å². The van der Waals surface area contributed by atoms with Crippen LogP contribution in [0.5, 0.6) is 0 Å². The molecule has 4 rings (SSSR count). The molecular weight excluding hydrogens is 457 g/mol. The number of thiol groups is 1. The van der Waals surface area contributed by atoms with Crippen molar-refractivity contribution in [1.29, 1.82) is 0 Å². The minimum atomic E-state index is -0.624. The highest BCUT2D eigenvalue weighted by atomic mass is 35.5. The highest BCUT2D eigenvalue weighted by Gasteiger charge is 2.40. The molecule has 0 spiro atoms. The number of methoxy groups -OCH3 is 1. The van der Waals surface area contributed by atoms with Crippen LogP contribution in [0, 0.1) is 11.7 Å². The van der Waals surface area contributed by atoms with Gasteiger partial charge in [0.25, 0.3) is 0 Å². The number of tetrazole rings is 1. The van der Waals surface area contributed by atoms with E-state index in [9.17, 15) is 14.0 Å². The van der Waals surface area contributed by atoms with E-state index in [1.807, 2.05) is 4.90 Å². The van der Waals surface area contributed by atoms with E-state index in [2.05, 4.69) is 32.8 Å². The van der Waals surface area contributed by atoms with Crippen molar-refractivity contribution in [3.8, 4) is 0 Å². The Bertz CT molecular complexity index is 1010. The number of hydrogen-bond donors (Lipinski definition) is 1. The van der Waals surface area contributed by atoms with Gasteiger partial charge in [-0.3, -0.25) is 9.69 Å². The minimum Gasteiger partial charge on any atom is -0.468 e. The van der Waals surface area contributed by atoms with Crippen molar-refractivity contribution in [2.75, 3.05) is 20.2 Å². The molecule has 0 bridgehead atoms. The Morgan fingerprint density at radius 3 is 2.75 bits per heavy atom. The van der Waals surface area contributed by atoms with Crippen molar-refractivity contribution in [2.24, 2.45) is 5.92 Å². The van der Waals surface area contributed by atoms with Gasteiger partial charge in [0.1, 0.15) is 5.82 Å². The predicted octanol–water partition coefficient (Wildman–Crippen LogP) is 2.51. The molecule has 2 fully saturated rings. The molecule has 1 saturated heterocycles. The van der Waals surface area contributed by atoms with E-state index < -0.39 is 12.0 Å². The molecule has 11 heteroatoms. The third-order valence-electron chi connectivity index (χ3n) is 5.60. The zero-order chi connectivity index (χ0) is 22.0. The van der Waals surface area contributed by atoms with Crippen molar-refractivity contribution in [3.05, 3.63) is 47.0 Å². The van der Waals surface area contributed by atoms with Crippen LogP contribution in [0.25, 0.3) is 6.08 Å². The number of likely N-dealkylation sites (tertiary alicyclic amines) is 1. The molecule has 0 N–H and O–H groups in total. The summed E-state index contributed by atoms with van der Waals surface area (Å²) in [5.41, 5.74) is 1.33. The normalized spacial score (nSPS) is 21.1.